The van der Waals surface area contributed by atoms with E-state index in [1.54, 1.807) is 0 Å². The van der Waals surface area contributed by atoms with Crippen molar-refractivity contribution in [3.05, 3.63) is 42.7 Å². The van der Waals surface area contributed by atoms with Crippen molar-refractivity contribution in [3.8, 4) is 0 Å². The third-order valence-electron chi connectivity index (χ3n) is 2.74. The minimum absolute atomic E-state index is 0.419. The Morgan fingerprint density at radius 2 is 2.06 bits per heavy atom. The predicted octanol–water partition coefficient (Wildman–Crippen LogP) is 3.48. The zero-order chi connectivity index (χ0) is 11.6. The molecule has 0 aromatic carbocycles. The molecule has 0 aliphatic heterocycles. The lowest BCUT2D eigenvalue weighted by Gasteiger charge is -2.13. The minimum Gasteiger partial charge on any atom is -0.310 e. The standard InChI is InChI=1S/C14H22N2/c1-3-4-5-6-7-10-16-13(2)14-8-11-15-12-9-14/h3,8-9,11-13,16H,1,4-7,10H2,2H3/t13-/m1/s1. The van der Waals surface area contributed by atoms with Gasteiger partial charge >= 0.3 is 0 Å². The number of nitrogens with zero attached hydrogens (tertiary/aromatic N) is 1. The van der Waals surface area contributed by atoms with Crippen molar-refractivity contribution in [1.29, 1.82) is 0 Å². The lowest BCUT2D eigenvalue weighted by Crippen LogP contribution is -2.19. The van der Waals surface area contributed by atoms with Crippen molar-refractivity contribution in [3.63, 3.8) is 0 Å². The van der Waals surface area contributed by atoms with Crippen LogP contribution in [-0.2, 0) is 0 Å². The smallest absolute Gasteiger partial charge is 0.0292 e. The summed E-state index contributed by atoms with van der Waals surface area (Å²) in [6.45, 7) is 7.00. The van der Waals surface area contributed by atoms with Gasteiger partial charge in [-0.25, -0.2) is 0 Å². The molecule has 0 saturated heterocycles. The fraction of sp³-hybridized carbons (Fsp3) is 0.500. The summed E-state index contributed by atoms with van der Waals surface area (Å²) < 4.78 is 0. The van der Waals surface area contributed by atoms with Crippen LogP contribution in [0, 0.1) is 0 Å². The Morgan fingerprint density at radius 1 is 1.31 bits per heavy atom. The third kappa shape index (κ3) is 5.08. The minimum atomic E-state index is 0.419. The summed E-state index contributed by atoms with van der Waals surface area (Å²) in [6, 6.07) is 4.55. The molecule has 2 nitrogen and oxygen atoms in total. The monoisotopic (exact) mass is 218 g/mol. The number of unbranched alkanes of at least 4 members (excludes halogenated alkanes) is 3. The first-order valence-electron chi connectivity index (χ1n) is 6.09. The van der Waals surface area contributed by atoms with Gasteiger partial charge in [-0.3, -0.25) is 4.98 Å². The van der Waals surface area contributed by atoms with Gasteiger partial charge in [-0.2, -0.15) is 0 Å². The summed E-state index contributed by atoms with van der Waals surface area (Å²) in [5, 5.41) is 3.52. The van der Waals surface area contributed by atoms with Gasteiger partial charge in [0.05, 0.1) is 0 Å². The van der Waals surface area contributed by atoms with Gasteiger partial charge < -0.3 is 5.32 Å². The third-order valence-corrected chi connectivity index (χ3v) is 2.74. The molecule has 0 amide bonds. The zero-order valence-electron chi connectivity index (χ0n) is 10.2. The van der Waals surface area contributed by atoms with Gasteiger partial charge in [-0.1, -0.05) is 12.5 Å². The maximum absolute atomic E-state index is 4.02. The average molecular weight is 218 g/mol. The number of nitrogens with one attached hydrogen (secondary N) is 1. The van der Waals surface area contributed by atoms with E-state index in [0.29, 0.717) is 6.04 Å². The predicted molar refractivity (Wildman–Crippen MR) is 69.3 cm³/mol. The Labute approximate surface area is 98.8 Å². The van der Waals surface area contributed by atoms with Gasteiger partial charge in [0.15, 0.2) is 0 Å². The van der Waals surface area contributed by atoms with Crippen LogP contribution in [0.5, 0.6) is 0 Å². The summed E-state index contributed by atoms with van der Waals surface area (Å²) in [5.41, 5.74) is 1.31. The number of hydrogen-bond acceptors (Lipinski definition) is 2. The molecule has 0 aliphatic rings. The van der Waals surface area contributed by atoms with Crippen molar-refractivity contribution in [1.82, 2.24) is 10.3 Å². The van der Waals surface area contributed by atoms with Crippen LogP contribution >= 0.6 is 0 Å². The van der Waals surface area contributed by atoms with Crippen LogP contribution in [0.2, 0.25) is 0 Å². The van der Waals surface area contributed by atoms with Crippen molar-refractivity contribution in [2.45, 2.75) is 38.6 Å². The van der Waals surface area contributed by atoms with Crippen LogP contribution in [0.25, 0.3) is 0 Å². The van der Waals surface area contributed by atoms with Gasteiger partial charge in [0.2, 0.25) is 0 Å². The summed E-state index contributed by atoms with van der Waals surface area (Å²) in [4.78, 5) is 4.02. The van der Waals surface area contributed by atoms with Crippen LogP contribution in [0.1, 0.15) is 44.2 Å². The number of aromatic nitrogens is 1. The molecule has 1 aromatic rings. The Balaban J connectivity index is 2.11. The highest BCUT2D eigenvalue weighted by molar-refractivity contribution is 5.13. The lowest BCUT2D eigenvalue weighted by molar-refractivity contribution is 0.539. The molecule has 0 spiro atoms. The molecule has 1 atom stereocenters. The first kappa shape index (κ1) is 12.9. The summed E-state index contributed by atoms with van der Waals surface area (Å²) in [7, 11) is 0. The van der Waals surface area contributed by atoms with E-state index in [4.69, 9.17) is 0 Å². The summed E-state index contributed by atoms with van der Waals surface area (Å²) in [5.74, 6) is 0. The maximum atomic E-state index is 4.02. The molecular formula is C14H22N2. The second-order valence-electron chi connectivity index (χ2n) is 4.09. The quantitative estimate of drug-likeness (QED) is 0.534. The van der Waals surface area contributed by atoms with Gasteiger partial charge in [0.1, 0.15) is 0 Å². The van der Waals surface area contributed by atoms with Crippen LogP contribution in [0.15, 0.2) is 37.2 Å². The Morgan fingerprint density at radius 3 is 2.75 bits per heavy atom. The number of rotatable bonds is 8. The van der Waals surface area contributed by atoms with Crippen molar-refractivity contribution >= 4 is 0 Å². The highest BCUT2D eigenvalue weighted by atomic mass is 14.9. The molecule has 1 rings (SSSR count). The van der Waals surface area contributed by atoms with E-state index < -0.39 is 0 Å². The van der Waals surface area contributed by atoms with Crippen LogP contribution < -0.4 is 5.32 Å². The summed E-state index contributed by atoms with van der Waals surface area (Å²) >= 11 is 0. The SMILES string of the molecule is C=CCCCCCN[C@H](C)c1ccncc1. The molecule has 0 aliphatic carbocycles. The van der Waals surface area contributed by atoms with E-state index in [2.05, 4.69) is 35.9 Å². The molecule has 88 valence electrons. The van der Waals surface area contributed by atoms with Crippen molar-refractivity contribution < 1.29 is 0 Å². The van der Waals surface area contributed by atoms with Gasteiger partial charge in [0, 0.05) is 18.4 Å². The molecule has 2 heteroatoms. The van der Waals surface area contributed by atoms with Crippen LogP contribution in [0.4, 0.5) is 0 Å². The molecule has 16 heavy (non-hydrogen) atoms. The highest BCUT2D eigenvalue weighted by Gasteiger charge is 2.02. The Kier molecular flexibility index (Phi) is 6.50. The van der Waals surface area contributed by atoms with Crippen LogP contribution in [0.3, 0.4) is 0 Å². The van der Waals surface area contributed by atoms with E-state index in [1.807, 2.05) is 18.5 Å². The average Bonchev–Trinajstić information content (AvgIpc) is 2.34. The second kappa shape index (κ2) is 8.05. The largest absolute Gasteiger partial charge is 0.310 e. The Hall–Kier alpha value is -1.15. The van der Waals surface area contributed by atoms with E-state index >= 15 is 0 Å². The van der Waals surface area contributed by atoms with Crippen LogP contribution in [-0.4, -0.2) is 11.5 Å². The normalized spacial score (nSPS) is 12.3. The van der Waals surface area contributed by atoms with E-state index in [9.17, 15) is 0 Å². The van der Waals surface area contributed by atoms with Crippen molar-refractivity contribution in [2.75, 3.05) is 6.54 Å². The molecular weight excluding hydrogens is 196 g/mol. The van der Waals surface area contributed by atoms with Gasteiger partial charge in [-0.15, -0.1) is 6.58 Å². The van der Waals surface area contributed by atoms with E-state index in [1.165, 1.54) is 24.8 Å². The molecule has 0 unspecified atom stereocenters. The van der Waals surface area contributed by atoms with E-state index in [-0.39, 0.29) is 0 Å². The topological polar surface area (TPSA) is 24.9 Å². The zero-order valence-corrected chi connectivity index (χ0v) is 10.2. The number of hydrogen-bond donors (Lipinski definition) is 1. The molecule has 1 N–H and O–H groups in total. The molecule has 0 radical (unpaired) electrons. The fourth-order valence-corrected chi connectivity index (χ4v) is 1.68. The fourth-order valence-electron chi connectivity index (χ4n) is 1.68. The number of pyridine rings is 1. The molecule has 0 saturated carbocycles. The van der Waals surface area contributed by atoms with Gasteiger partial charge in [-0.05, 0) is 50.4 Å². The molecule has 0 bridgehead atoms. The molecule has 1 aromatic heterocycles. The van der Waals surface area contributed by atoms with E-state index in [0.717, 1.165) is 13.0 Å². The highest BCUT2D eigenvalue weighted by Crippen LogP contribution is 2.10. The van der Waals surface area contributed by atoms with Gasteiger partial charge in [0.25, 0.3) is 0 Å². The maximum Gasteiger partial charge on any atom is 0.0292 e. The molecule has 0 fully saturated rings. The first-order chi connectivity index (χ1) is 7.84. The molecule has 1 heterocycles. The van der Waals surface area contributed by atoms with Crippen molar-refractivity contribution in [2.24, 2.45) is 0 Å². The Bertz CT molecular complexity index is 282. The lowest BCUT2D eigenvalue weighted by atomic mass is 10.1. The summed E-state index contributed by atoms with van der Waals surface area (Å²) in [6.07, 6.45) is 10.6. The number of allylic oxidation sites excluding steroid dienone is 1. The second-order valence-corrected chi connectivity index (χ2v) is 4.09. The first-order valence-corrected chi connectivity index (χ1v) is 6.09.